The molecule has 3 rings (SSSR count). The van der Waals surface area contributed by atoms with E-state index in [1.165, 1.54) is 6.07 Å². The molecule has 0 bridgehead atoms. The van der Waals surface area contributed by atoms with Crippen LogP contribution in [0.15, 0.2) is 16.6 Å². The molecule has 2 aliphatic carbocycles. The first-order valence-electron chi connectivity index (χ1n) is 4.81. The van der Waals surface area contributed by atoms with Crippen molar-refractivity contribution in [1.82, 2.24) is 0 Å². The van der Waals surface area contributed by atoms with E-state index in [4.69, 9.17) is 5.11 Å². The van der Waals surface area contributed by atoms with E-state index >= 15 is 0 Å². The van der Waals surface area contributed by atoms with Crippen molar-refractivity contribution in [3.05, 3.63) is 33.5 Å². The summed E-state index contributed by atoms with van der Waals surface area (Å²) >= 11 is 3.21. The smallest absolute Gasteiger partial charge is 0.307 e. The minimum atomic E-state index is -0.726. The van der Waals surface area contributed by atoms with E-state index < -0.39 is 5.97 Å². The van der Waals surface area contributed by atoms with Crippen molar-refractivity contribution in [3.8, 4) is 0 Å². The highest BCUT2D eigenvalue weighted by molar-refractivity contribution is 9.10. The van der Waals surface area contributed by atoms with Crippen LogP contribution in [0.4, 0.5) is 4.39 Å². The summed E-state index contributed by atoms with van der Waals surface area (Å²) in [5.74, 6) is -0.919. The highest BCUT2D eigenvalue weighted by atomic mass is 79.9. The van der Waals surface area contributed by atoms with E-state index in [9.17, 15) is 9.18 Å². The average Bonchev–Trinajstić information content (AvgIpc) is 2.78. The maximum absolute atomic E-state index is 13.2. The number of carboxylic acids is 1. The zero-order chi connectivity index (χ0) is 10.7. The average molecular weight is 271 g/mol. The minimum Gasteiger partial charge on any atom is -0.481 e. The molecule has 0 aliphatic heterocycles. The molecule has 0 heterocycles. The summed E-state index contributed by atoms with van der Waals surface area (Å²) in [6.45, 7) is 0. The van der Waals surface area contributed by atoms with Gasteiger partial charge in [-0.3, -0.25) is 4.79 Å². The molecule has 1 saturated carbocycles. The van der Waals surface area contributed by atoms with Crippen LogP contribution in [0.2, 0.25) is 0 Å². The Labute approximate surface area is 94.2 Å². The lowest BCUT2D eigenvalue weighted by molar-refractivity contribution is -0.139. The summed E-state index contributed by atoms with van der Waals surface area (Å²) in [6.07, 6.45) is 0.690. The summed E-state index contributed by atoms with van der Waals surface area (Å²) in [5.41, 5.74) is 1.98. The molecule has 1 aromatic carbocycles. The third-order valence-corrected chi connectivity index (χ3v) is 4.34. The molecule has 2 aliphatic rings. The van der Waals surface area contributed by atoms with Gasteiger partial charge < -0.3 is 5.11 Å². The maximum Gasteiger partial charge on any atom is 0.307 e. The molecule has 1 aromatic rings. The van der Waals surface area contributed by atoms with Gasteiger partial charge in [-0.25, -0.2) is 4.39 Å². The van der Waals surface area contributed by atoms with E-state index in [-0.39, 0.29) is 23.6 Å². The second kappa shape index (κ2) is 2.82. The van der Waals surface area contributed by atoms with Gasteiger partial charge in [0.05, 0.1) is 10.4 Å². The number of fused-ring (bicyclic) bond motifs is 3. The van der Waals surface area contributed by atoms with E-state index in [0.29, 0.717) is 10.9 Å². The zero-order valence-electron chi connectivity index (χ0n) is 7.71. The Balaban J connectivity index is 2.04. The lowest BCUT2D eigenvalue weighted by Crippen LogP contribution is -2.05. The number of halogens is 2. The first kappa shape index (κ1) is 9.33. The molecule has 2 nitrogen and oxygen atoms in total. The Hall–Kier alpha value is -0.900. The molecule has 0 spiro atoms. The van der Waals surface area contributed by atoms with Crippen molar-refractivity contribution in [2.24, 2.45) is 11.8 Å². The Morgan fingerprint density at radius 3 is 2.93 bits per heavy atom. The summed E-state index contributed by atoms with van der Waals surface area (Å²) < 4.78 is 13.7. The van der Waals surface area contributed by atoms with Crippen molar-refractivity contribution in [2.45, 2.75) is 12.3 Å². The molecule has 0 amide bonds. The lowest BCUT2D eigenvalue weighted by atomic mass is 10.0. The van der Waals surface area contributed by atoms with Gasteiger partial charge in [0.15, 0.2) is 0 Å². The van der Waals surface area contributed by atoms with Crippen LogP contribution in [0.5, 0.6) is 0 Å². The number of rotatable bonds is 1. The number of carboxylic acid groups (broad SMARTS) is 1. The van der Waals surface area contributed by atoms with Crippen LogP contribution in [-0.2, 0) is 11.2 Å². The number of carbonyl (C=O) groups is 1. The summed E-state index contributed by atoms with van der Waals surface area (Å²) in [7, 11) is 0. The van der Waals surface area contributed by atoms with Gasteiger partial charge in [-0.05, 0) is 45.5 Å². The topological polar surface area (TPSA) is 37.3 Å². The van der Waals surface area contributed by atoms with Gasteiger partial charge in [0.1, 0.15) is 5.82 Å². The van der Waals surface area contributed by atoms with E-state index in [1.807, 2.05) is 0 Å². The highest BCUT2D eigenvalue weighted by Gasteiger charge is 2.60. The fourth-order valence-corrected chi connectivity index (χ4v) is 3.27. The zero-order valence-corrected chi connectivity index (χ0v) is 9.29. The molecule has 0 aromatic heterocycles. The summed E-state index contributed by atoms with van der Waals surface area (Å²) in [5, 5.41) is 8.92. The molecule has 1 N–H and O–H groups in total. The van der Waals surface area contributed by atoms with Gasteiger partial charge in [-0.2, -0.15) is 0 Å². The van der Waals surface area contributed by atoms with Gasteiger partial charge in [0.2, 0.25) is 0 Å². The second-order valence-corrected chi connectivity index (χ2v) is 4.98. The van der Waals surface area contributed by atoms with Gasteiger partial charge in [-0.15, -0.1) is 0 Å². The van der Waals surface area contributed by atoms with Crippen LogP contribution in [0.1, 0.15) is 17.0 Å². The molecule has 4 heteroatoms. The van der Waals surface area contributed by atoms with Crippen LogP contribution < -0.4 is 0 Å². The molecule has 1 fully saturated rings. The van der Waals surface area contributed by atoms with Crippen LogP contribution in [-0.4, -0.2) is 11.1 Å². The van der Waals surface area contributed by atoms with Crippen LogP contribution in [0.25, 0.3) is 0 Å². The van der Waals surface area contributed by atoms with Gasteiger partial charge in [0, 0.05) is 5.92 Å². The van der Waals surface area contributed by atoms with E-state index in [2.05, 4.69) is 15.9 Å². The number of benzene rings is 1. The SMILES string of the molecule is O=C(O)[C@@H]1[C@H]2Cc3c(ccc(F)c3Br)[C@@H]21. The molecular formula is C11H8BrFO2. The van der Waals surface area contributed by atoms with Crippen LogP contribution in [0.3, 0.4) is 0 Å². The monoisotopic (exact) mass is 270 g/mol. The molecule has 0 saturated heterocycles. The fourth-order valence-electron chi connectivity index (χ4n) is 2.75. The molecule has 3 atom stereocenters. The van der Waals surface area contributed by atoms with Crippen molar-refractivity contribution in [3.63, 3.8) is 0 Å². The predicted molar refractivity (Wildman–Crippen MR) is 55.2 cm³/mol. The standard InChI is InChI=1S/C11H8BrFO2/c12-10-5-3-6-8(9(6)11(14)15)4(5)1-2-7(10)13/h1-2,6,8-9H,3H2,(H,14,15)/t6-,8-,9+/m0/s1. The van der Waals surface area contributed by atoms with E-state index in [1.54, 1.807) is 6.07 Å². The highest BCUT2D eigenvalue weighted by Crippen LogP contribution is 2.62. The number of aliphatic carboxylic acids is 1. The summed E-state index contributed by atoms with van der Waals surface area (Å²) in [6, 6.07) is 3.13. The lowest BCUT2D eigenvalue weighted by Gasteiger charge is -2.07. The second-order valence-electron chi connectivity index (χ2n) is 4.19. The maximum atomic E-state index is 13.2. The van der Waals surface area contributed by atoms with Crippen molar-refractivity contribution in [1.29, 1.82) is 0 Å². The third kappa shape index (κ3) is 1.11. The van der Waals surface area contributed by atoms with Crippen LogP contribution in [0, 0.1) is 17.7 Å². The number of hydrogen-bond acceptors (Lipinski definition) is 1. The Morgan fingerprint density at radius 1 is 1.53 bits per heavy atom. The van der Waals surface area contributed by atoms with Crippen molar-refractivity contribution in [2.75, 3.05) is 0 Å². The Kier molecular flexibility index (Phi) is 1.75. The molecule has 0 unspecified atom stereocenters. The molecule has 78 valence electrons. The quantitative estimate of drug-likeness (QED) is 0.852. The van der Waals surface area contributed by atoms with Crippen molar-refractivity contribution >= 4 is 21.9 Å². The van der Waals surface area contributed by atoms with Gasteiger partial charge >= 0.3 is 5.97 Å². The third-order valence-electron chi connectivity index (χ3n) is 3.48. The molecule has 15 heavy (non-hydrogen) atoms. The Morgan fingerprint density at radius 2 is 2.27 bits per heavy atom. The van der Waals surface area contributed by atoms with Gasteiger partial charge in [0.25, 0.3) is 0 Å². The normalized spacial score (nSPS) is 30.9. The number of hydrogen-bond donors (Lipinski definition) is 1. The van der Waals surface area contributed by atoms with E-state index in [0.717, 1.165) is 11.1 Å². The van der Waals surface area contributed by atoms with Crippen molar-refractivity contribution < 1.29 is 14.3 Å². The summed E-state index contributed by atoms with van der Waals surface area (Å²) in [4.78, 5) is 10.9. The first-order valence-corrected chi connectivity index (χ1v) is 5.60. The molecular weight excluding hydrogens is 263 g/mol. The minimum absolute atomic E-state index is 0.120. The first-order chi connectivity index (χ1) is 7.11. The molecule has 0 radical (unpaired) electrons. The fraction of sp³-hybridized carbons (Fsp3) is 0.364. The van der Waals surface area contributed by atoms with Gasteiger partial charge in [-0.1, -0.05) is 6.07 Å². The van der Waals surface area contributed by atoms with Crippen LogP contribution >= 0.6 is 15.9 Å². The largest absolute Gasteiger partial charge is 0.481 e. The predicted octanol–water partition coefficient (Wildman–Crippen LogP) is 2.56. The Bertz CT molecular complexity index is 472.